The highest BCUT2D eigenvalue weighted by atomic mass is 32.1. The standard InChI is InChI=1S/C14H18FN3S/c1-9(2)14-18-13(8-19-14)7-17-10(3)11-4-12(15)6-16-5-11/h4-6,8-10,17H,7H2,1-3H3/t10-/m0/s1. The van der Waals surface area contributed by atoms with Crippen molar-refractivity contribution in [3.8, 4) is 0 Å². The highest BCUT2D eigenvalue weighted by molar-refractivity contribution is 7.09. The van der Waals surface area contributed by atoms with E-state index < -0.39 is 0 Å². The summed E-state index contributed by atoms with van der Waals surface area (Å²) in [6.45, 7) is 6.95. The van der Waals surface area contributed by atoms with Crippen LogP contribution in [0.5, 0.6) is 0 Å². The Labute approximate surface area is 116 Å². The Morgan fingerprint density at radius 1 is 1.32 bits per heavy atom. The summed E-state index contributed by atoms with van der Waals surface area (Å²) >= 11 is 1.68. The molecule has 19 heavy (non-hydrogen) atoms. The van der Waals surface area contributed by atoms with Gasteiger partial charge in [0.15, 0.2) is 0 Å². The lowest BCUT2D eigenvalue weighted by Gasteiger charge is -2.12. The molecule has 0 unspecified atom stereocenters. The largest absolute Gasteiger partial charge is 0.304 e. The molecule has 2 aromatic heterocycles. The van der Waals surface area contributed by atoms with E-state index in [1.165, 1.54) is 12.3 Å². The van der Waals surface area contributed by atoms with Crippen LogP contribution in [0.15, 0.2) is 23.8 Å². The van der Waals surface area contributed by atoms with Gasteiger partial charge in [-0.05, 0) is 18.6 Å². The van der Waals surface area contributed by atoms with Crippen LogP contribution in [0.2, 0.25) is 0 Å². The van der Waals surface area contributed by atoms with Crippen LogP contribution >= 0.6 is 11.3 Å². The molecule has 0 radical (unpaired) electrons. The number of rotatable bonds is 5. The van der Waals surface area contributed by atoms with Crippen molar-refractivity contribution in [2.45, 2.75) is 39.3 Å². The molecule has 2 aromatic rings. The molecule has 0 saturated heterocycles. The van der Waals surface area contributed by atoms with E-state index in [-0.39, 0.29) is 11.9 Å². The van der Waals surface area contributed by atoms with Crippen molar-refractivity contribution in [3.05, 3.63) is 45.9 Å². The zero-order valence-corrected chi connectivity index (χ0v) is 12.2. The quantitative estimate of drug-likeness (QED) is 0.907. The van der Waals surface area contributed by atoms with Gasteiger partial charge in [-0.15, -0.1) is 11.3 Å². The van der Waals surface area contributed by atoms with Crippen molar-refractivity contribution >= 4 is 11.3 Å². The highest BCUT2D eigenvalue weighted by Crippen LogP contribution is 2.20. The maximum atomic E-state index is 13.1. The molecule has 1 N–H and O–H groups in total. The molecule has 2 heterocycles. The Kier molecular flexibility index (Phi) is 4.61. The molecule has 0 spiro atoms. The molecule has 3 nitrogen and oxygen atoms in total. The first-order valence-corrected chi connectivity index (χ1v) is 7.22. The van der Waals surface area contributed by atoms with Crippen LogP contribution in [0, 0.1) is 5.82 Å². The zero-order chi connectivity index (χ0) is 13.8. The van der Waals surface area contributed by atoms with Gasteiger partial charge in [-0.2, -0.15) is 0 Å². The maximum absolute atomic E-state index is 13.1. The summed E-state index contributed by atoms with van der Waals surface area (Å²) in [5, 5.41) is 6.55. The van der Waals surface area contributed by atoms with Crippen molar-refractivity contribution in [2.24, 2.45) is 0 Å². The van der Waals surface area contributed by atoms with Crippen LogP contribution in [0.4, 0.5) is 4.39 Å². The van der Waals surface area contributed by atoms with Crippen molar-refractivity contribution in [1.29, 1.82) is 0 Å². The van der Waals surface area contributed by atoms with E-state index in [9.17, 15) is 4.39 Å². The van der Waals surface area contributed by atoms with Crippen molar-refractivity contribution < 1.29 is 4.39 Å². The van der Waals surface area contributed by atoms with Crippen LogP contribution in [-0.4, -0.2) is 9.97 Å². The molecule has 0 aromatic carbocycles. The average molecular weight is 279 g/mol. The molecule has 0 aliphatic rings. The van der Waals surface area contributed by atoms with Gasteiger partial charge < -0.3 is 5.32 Å². The normalized spacial score (nSPS) is 12.9. The summed E-state index contributed by atoms with van der Waals surface area (Å²) in [5.74, 6) is 0.158. The van der Waals surface area contributed by atoms with Gasteiger partial charge in [0.1, 0.15) is 5.82 Å². The summed E-state index contributed by atoms with van der Waals surface area (Å²) in [6, 6.07) is 1.55. The second-order valence-electron chi connectivity index (χ2n) is 4.87. The fourth-order valence-corrected chi connectivity index (χ4v) is 2.54. The number of nitrogens with one attached hydrogen (secondary N) is 1. The number of nitrogens with zero attached hydrogens (tertiary/aromatic N) is 2. The van der Waals surface area contributed by atoms with Gasteiger partial charge in [-0.3, -0.25) is 4.98 Å². The fraction of sp³-hybridized carbons (Fsp3) is 0.429. The van der Waals surface area contributed by atoms with Crippen molar-refractivity contribution in [1.82, 2.24) is 15.3 Å². The van der Waals surface area contributed by atoms with Crippen LogP contribution in [0.3, 0.4) is 0 Å². The summed E-state index contributed by atoms with van der Waals surface area (Å²) < 4.78 is 13.1. The number of thiazole rings is 1. The molecule has 0 bridgehead atoms. The third-order valence-corrected chi connectivity index (χ3v) is 4.07. The lowest BCUT2D eigenvalue weighted by Crippen LogP contribution is -2.18. The molecule has 0 aliphatic heterocycles. The Bertz CT molecular complexity index is 539. The van der Waals surface area contributed by atoms with E-state index in [1.54, 1.807) is 17.5 Å². The number of hydrogen-bond donors (Lipinski definition) is 1. The van der Waals surface area contributed by atoms with Gasteiger partial charge >= 0.3 is 0 Å². The Hall–Kier alpha value is -1.33. The van der Waals surface area contributed by atoms with Gasteiger partial charge in [-0.25, -0.2) is 9.37 Å². The smallest absolute Gasteiger partial charge is 0.141 e. The summed E-state index contributed by atoms with van der Waals surface area (Å²) in [4.78, 5) is 8.42. The van der Waals surface area contributed by atoms with Crippen LogP contribution < -0.4 is 5.32 Å². The molecular weight excluding hydrogens is 261 g/mol. The highest BCUT2D eigenvalue weighted by Gasteiger charge is 2.09. The first-order chi connectivity index (χ1) is 9.06. The van der Waals surface area contributed by atoms with Crippen molar-refractivity contribution in [2.75, 3.05) is 0 Å². The second-order valence-corrected chi connectivity index (χ2v) is 5.76. The summed E-state index contributed by atoms with van der Waals surface area (Å²) in [5.41, 5.74) is 1.88. The Morgan fingerprint density at radius 3 is 2.74 bits per heavy atom. The summed E-state index contributed by atoms with van der Waals surface area (Å²) in [7, 11) is 0. The number of halogens is 1. The SMILES string of the molecule is CC(C)c1nc(CN[C@@H](C)c2cncc(F)c2)cs1. The molecule has 2 rings (SSSR count). The third-order valence-electron chi connectivity index (χ3n) is 2.88. The molecule has 5 heteroatoms. The minimum atomic E-state index is -0.304. The monoisotopic (exact) mass is 279 g/mol. The minimum absolute atomic E-state index is 0.0485. The van der Waals surface area contributed by atoms with Gasteiger partial charge in [-0.1, -0.05) is 13.8 Å². The molecule has 1 atom stereocenters. The minimum Gasteiger partial charge on any atom is -0.304 e. The summed E-state index contributed by atoms with van der Waals surface area (Å²) in [6.07, 6.45) is 2.90. The zero-order valence-electron chi connectivity index (χ0n) is 11.4. The first-order valence-electron chi connectivity index (χ1n) is 6.34. The molecule has 0 aliphatic carbocycles. The van der Waals surface area contributed by atoms with E-state index in [0.717, 1.165) is 16.3 Å². The molecule has 0 saturated carbocycles. The number of hydrogen-bond acceptors (Lipinski definition) is 4. The van der Waals surface area contributed by atoms with E-state index >= 15 is 0 Å². The lowest BCUT2D eigenvalue weighted by atomic mass is 10.1. The van der Waals surface area contributed by atoms with Crippen LogP contribution in [0.25, 0.3) is 0 Å². The van der Waals surface area contributed by atoms with E-state index in [0.29, 0.717) is 12.5 Å². The molecular formula is C14H18FN3S. The average Bonchev–Trinajstić information content (AvgIpc) is 2.85. The lowest BCUT2D eigenvalue weighted by molar-refractivity contribution is 0.556. The second kappa shape index (κ2) is 6.21. The fourth-order valence-electron chi connectivity index (χ4n) is 1.71. The molecule has 0 amide bonds. The van der Waals surface area contributed by atoms with E-state index in [4.69, 9.17) is 0 Å². The van der Waals surface area contributed by atoms with Crippen molar-refractivity contribution in [3.63, 3.8) is 0 Å². The van der Waals surface area contributed by atoms with E-state index in [1.807, 2.05) is 6.92 Å². The van der Waals surface area contributed by atoms with Gasteiger partial charge in [0.05, 0.1) is 16.9 Å². The van der Waals surface area contributed by atoms with Gasteiger partial charge in [0.2, 0.25) is 0 Å². The van der Waals surface area contributed by atoms with Crippen LogP contribution in [0.1, 0.15) is 49.0 Å². The predicted octanol–water partition coefficient (Wildman–Crippen LogP) is 3.65. The third kappa shape index (κ3) is 3.81. The Morgan fingerprint density at radius 2 is 2.11 bits per heavy atom. The predicted molar refractivity (Wildman–Crippen MR) is 75.7 cm³/mol. The first kappa shape index (κ1) is 14.1. The molecule has 0 fully saturated rings. The van der Waals surface area contributed by atoms with E-state index in [2.05, 4.69) is 34.5 Å². The number of aromatic nitrogens is 2. The maximum Gasteiger partial charge on any atom is 0.141 e. The topological polar surface area (TPSA) is 37.8 Å². The molecule has 102 valence electrons. The number of pyridine rings is 1. The van der Waals surface area contributed by atoms with Gasteiger partial charge in [0.25, 0.3) is 0 Å². The van der Waals surface area contributed by atoms with Gasteiger partial charge in [0, 0.05) is 30.1 Å². The van der Waals surface area contributed by atoms with Crippen LogP contribution in [-0.2, 0) is 6.54 Å². The Balaban J connectivity index is 1.94.